The first kappa shape index (κ1) is 20.4. The van der Waals surface area contributed by atoms with Crippen LogP contribution in [-0.4, -0.2) is 5.78 Å². The van der Waals surface area contributed by atoms with Crippen LogP contribution in [0.25, 0.3) is 0 Å². The number of fused-ring (bicyclic) bond motifs is 5. The van der Waals surface area contributed by atoms with Crippen LogP contribution in [0.15, 0.2) is 23.8 Å². The molecule has 0 spiro atoms. The highest BCUT2D eigenvalue weighted by Gasteiger charge is 2.59. The zero-order chi connectivity index (χ0) is 20.1. The van der Waals surface area contributed by atoms with Gasteiger partial charge in [-0.15, -0.1) is 0 Å². The molecule has 0 aromatic rings. The van der Waals surface area contributed by atoms with E-state index in [1.165, 1.54) is 50.5 Å². The lowest BCUT2D eigenvalue weighted by molar-refractivity contribution is -0.117. The second kappa shape index (κ2) is 7.44. The molecule has 0 aromatic carbocycles. The fourth-order valence-electron chi connectivity index (χ4n) is 8.10. The van der Waals surface area contributed by atoms with Crippen molar-refractivity contribution in [2.24, 2.45) is 46.3 Å². The Hall–Kier alpha value is -0.850. The molecular weight excluding hydrogens is 340 g/mol. The Morgan fingerprint density at radius 2 is 1.82 bits per heavy atom. The van der Waals surface area contributed by atoms with Gasteiger partial charge in [0, 0.05) is 6.42 Å². The van der Waals surface area contributed by atoms with Crippen LogP contribution in [0.2, 0.25) is 0 Å². The summed E-state index contributed by atoms with van der Waals surface area (Å²) >= 11 is 0. The summed E-state index contributed by atoms with van der Waals surface area (Å²) in [4.78, 5) is 12.0. The average molecular weight is 383 g/mol. The normalized spacial score (nSPS) is 45.2. The topological polar surface area (TPSA) is 17.1 Å². The maximum Gasteiger partial charge on any atom is 0.155 e. The quantitative estimate of drug-likeness (QED) is 0.464. The molecule has 0 N–H and O–H groups in total. The van der Waals surface area contributed by atoms with Crippen molar-refractivity contribution in [3.8, 4) is 0 Å². The molecule has 28 heavy (non-hydrogen) atoms. The predicted molar refractivity (Wildman–Crippen MR) is 118 cm³/mol. The Morgan fingerprint density at radius 1 is 1.04 bits per heavy atom. The summed E-state index contributed by atoms with van der Waals surface area (Å²) in [7, 11) is 0. The summed E-state index contributed by atoms with van der Waals surface area (Å²) in [5, 5.41) is 0. The molecule has 3 fully saturated rings. The van der Waals surface area contributed by atoms with Crippen LogP contribution in [0.4, 0.5) is 0 Å². The Morgan fingerprint density at radius 3 is 2.57 bits per heavy atom. The Balaban J connectivity index is 1.55. The fraction of sp³-hybridized carbons (Fsp3) is 0.815. The predicted octanol–water partition coefficient (Wildman–Crippen LogP) is 7.37. The molecule has 4 aliphatic rings. The molecule has 8 atom stereocenters. The van der Waals surface area contributed by atoms with Crippen LogP contribution in [-0.2, 0) is 4.79 Å². The van der Waals surface area contributed by atoms with E-state index in [9.17, 15) is 4.79 Å². The number of hydrogen-bond acceptors (Lipinski definition) is 1. The van der Waals surface area contributed by atoms with Gasteiger partial charge in [-0.05, 0) is 97.4 Å². The number of carbonyl (C=O) groups is 1. The second-order valence-corrected chi connectivity index (χ2v) is 11.3. The van der Waals surface area contributed by atoms with Gasteiger partial charge in [-0.1, -0.05) is 58.8 Å². The minimum absolute atomic E-state index is 0.318. The minimum Gasteiger partial charge on any atom is -0.295 e. The van der Waals surface area contributed by atoms with Crippen LogP contribution in [0.5, 0.6) is 0 Å². The number of ketones is 1. The molecule has 4 aliphatic carbocycles. The molecule has 0 aromatic heterocycles. The minimum atomic E-state index is 0.318. The van der Waals surface area contributed by atoms with E-state index in [1.807, 2.05) is 6.08 Å². The number of carbonyl (C=O) groups excluding carboxylic acids is 1. The van der Waals surface area contributed by atoms with Crippen molar-refractivity contribution < 1.29 is 4.79 Å². The van der Waals surface area contributed by atoms with Crippen LogP contribution in [0.3, 0.4) is 0 Å². The van der Waals surface area contributed by atoms with Crippen LogP contribution in [0, 0.1) is 46.3 Å². The number of allylic oxidation sites excluding steroid dienone is 3. The SMILES string of the molecule is CC[C@H](C)/C=C/[C@@H](C)[C@H]1CC[C@H]2[C@@H]3CCC4=CC(=O)CC[C@]4(C)[C@H]3CC[C@]12C. The van der Waals surface area contributed by atoms with E-state index in [1.54, 1.807) is 0 Å². The van der Waals surface area contributed by atoms with Gasteiger partial charge in [-0.2, -0.15) is 0 Å². The lowest BCUT2D eigenvalue weighted by atomic mass is 9.46. The summed E-state index contributed by atoms with van der Waals surface area (Å²) in [6.45, 7) is 12.3. The van der Waals surface area contributed by atoms with E-state index >= 15 is 0 Å². The summed E-state index contributed by atoms with van der Waals surface area (Å²) in [6, 6.07) is 0. The molecule has 0 unspecified atom stereocenters. The third kappa shape index (κ3) is 3.16. The molecule has 0 saturated heterocycles. The van der Waals surface area contributed by atoms with Crippen molar-refractivity contribution in [2.45, 2.75) is 92.4 Å². The van der Waals surface area contributed by atoms with Gasteiger partial charge in [0.25, 0.3) is 0 Å². The summed E-state index contributed by atoms with van der Waals surface area (Å²) in [5.74, 6) is 5.29. The van der Waals surface area contributed by atoms with E-state index in [4.69, 9.17) is 0 Å². The van der Waals surface area contributed by atoms with Crippen molar-refractivity contribution in [1.82, 2.24) is 0 Å². The molecule has 0 aliphatic heterocycles. The van der Waals surface area contributed by atoms with E-state index in [0.717, 1.165) is 36.5 Å². The zero-order valence-electron chi connectivity index (χ0n) is 19.0. The molecule has 1 nitrogen and oxygen atoms in total. The van der Waals surface area contributed by atoms with Crippen molar-refractivity contribution in [2.75, 3.05) is 0 Å². The monoisotopic (exact) mass is 382 g/mol. The Kier molecular flexibility index (Phi) is 5.43. The first-order valence-electron chi connectivity index (χ1n) is 12.2. The number of hydrogen-bond donors (Lipinski definition) is 0. The third-order valence-electron chi connectivity index (χ3n) is 10.1. The smallest absolute Gasteiger partial charge is 0.155 e. The lowest BCUT2D eigenvalue weighted by Gasteiger charge is -2.58. The molecule has 0 amide bonds. The van der Waals surface area contributed by atoms with Gasteiger partial charge in [-0.25, -0.2) is 0 Å². The van der Waals surface area contributed by atoms with Crippen LogP contribution in [0.1, 0.15) is 92.4 Å². The molecule has 3 saturated carbocycles. The van der Waals surface area contributed by atoms with Gasteiger partial charge in [0.15, 0.2) is 5.78 Å². The van der Waals surface area contributed by atoms with Crippen molar-refractivity contribution >= 4 is 5.78 Å². The van der Waals surface area contributed by atoms with Gasteiger partial charge in [-0.3, -0.25) is 4.79 Å². The molecule has 4 rings (SSSR count). The van der Waals surface area contributed by atoms with Crippen molar-refractivity contribution in [3.63, 3.8) is 0 Å². The van der Waals surface area contributed by atoms with Crippen molar-refractivity contribution in [1.29, 1.82) is 0 Å². The highest BCUT2D eigenvalue weighted by atomic mass is 16.1. The van der Waals surface area contributed by atoms with Gasteiger partial charge in [0.05, 0.1) is 0 Å². The highest BCUT2D eigenvalue weighted by Crippen LogP contribution is 2.67. The van der Waals surface area contributed by atoms with Gasteiger partial charge < -0.3 is 0 Å². The van der Waals surface area contributed by atoms with Gasteiger partial charge in [0.2, 0.25) is 0 Å². The molecule has 1 heteroatoms. The first-order chi connectivity index (χ1) is 13.3. The fourth-order valence-corrected chi connectivity index (χ4v) is 8.10. The van der Waals surface area contributed by atoms with Crippen LogP contribution < -0.4 is 0 Å². The largest absolute Gasteiger partial charge is 0.295 e. The number of rotatable bonds is 4. The maximum absolute atomic E-state index is 12.0. The van der Waals surface area contributed by atoms with E-state index in [-0.39, 0.29) is 0 Å². The zero-order valence-corrected chi connectivity index (χ0v) is 19.0. The molecule has 0 bridgehead atoms. The van der Waals surface area contributed by atoms with Crippen molar-refractivity contribution in [3.05, 3.63) is 23.8 Å². The van der Waals surface area contributed by atoms with Gasteiger partial charge in [0.1, 0.15) is 0 Å². The lowest BCUT2D eigenvalue weighted by Crippen LogP contribution is -2.50. The summed E-state index contributed by atoms with van der Waals surface area (Å²) < 4.78 is 0. The second-order valence-electron chi connectivity index (χ2n) is 11.3. The summed E-state index contributed by atoms with van der Waals surface area (Å²) in [6.07, 6.45) is 18.4. The van der Waals surface area contributed by atoms with E-state index in [2.05, 4.69) is 46.8 Å². The maximum atomic E-state index is 12.0. The first-order valence-corrected chi connectivity index (χ1v) is 12.2. The molecule has 0 radical (unpaired) electrons. The highest BCUT2D eigenvalue weighted by molar-refractivity contribution is 5.91. The van der Waals surface area contributed by atoms with E-state index in [0.29, 0.717) is 28.4 Å². The van der Waals surface area contributed by atoms with Crippen LogP contribution >= 0.6 is 0 Å². The average Bonchev–Trinajstić information content (AvgIpc) is 3.03. The van der Waals surface area contributed by atoms with Gasteiger partial charge >= 0.3 is 0 Å². The standard InChI is InChI=1S/C27H42O/c1-6-18(2)7-8-19(3)23-11-12-24-22-10-9-20-17-21(28)13-15-26(20,4)25(22)14-16-27(23,24)5/h7-8,17-19,22-25H,6,9-16H2,1-5H3/b8-7+/t18-,19+,22-,23+,24-,25-,26-,27+/m0/s1. The molecule has 0 heterocycles. The molecular formula is C27H42O. The molecule has 156 valence electrons. The third-order valence-corrected chi connectivity index (χ3v) is 10.1. The Bertz CT molecular complexity index is 672. The summed E-state index contributed by atoms with van der Waals surface area (Å²) in [5.41, 5.74) is 2.36. The van der Waals surface area contributed by atoms with E-state index < -0.39 is 0 Å². The Labute approximate surface area is 173 Å².